The quantitative estimate of drug-likeness (QED) is 0.624. The Bertz CT molecular complexity index is 406. The molecule has 3 heteroatoms. The highest BCUT2D eigenvalue weighted by atomic mass is 15.0. The standard InChI is InChI=1S/C13H19N3/c1-6-15-13(14-5)12-8-7-11(9(2)3)10(4)16-12/h6-9H,1H2,2-5H3,(H,14,15). The van der Waals surface area contributed by atoms with Crippen molar-refractivity contribution < 1.29 is 0 Å². The van der Waals surface area contributed by atoms with Crippen molar-refractivity contribution in [3.63, 3.8) is 0 Å². The van der Waals surface area contributed by atoms with Gasteiger partial charge in [0.1, 0.15) is 5.69 Å². The van der Waals surface area contributed by atoms with E-state index in [2.05, 4.69) is 41.8 Å². The molecule has 0 unspecified atom stereocenters. The van der Waals surface area contributed by atoms with E-state index >= 15 is 0 Å². The maximum absolute atomic E-state index is 4.54. The molecule has 0 aliphatic heterocycles. The van der Waals surface area contributed by atoms with E-state index in [0.717, 1.165) is 17.2 Å². The molecule has 1 rings (SSSR count). The lowest BCUT2D eigenvalue weighted by Crippen LogP contribution is -2.20. The molecule has 0 aliphatic rings. The molecule has 0 amide bonds. The van der Waals surface area contributed by atoms with E-state index in [1.807, 2.05) is 13.0 Å². The Morgan fingerprint density at radius 3 is 2.62 bits per heavy atom. The average Bonchev–Trinajstić information content (AvgIpc) is 2.25. The van der Waals surface area contributed by atoms with Gasteiger partial charge in [0.25, 0.3) is 0 Å². The SMILES string of the molecule is C=CNC(=NC)c1ccc(C(C)C)c(C)n1. The van der Waals surface area contributed by atoms with Crippen LogP contribution in [-0.2, 0) is 0 Å². The molecule has 0 aromatic carbocycles. The van der Waals surface area contributed by atoms with Crippen molar-refractivity contribution in [2.24, 2.45) is 4.99 Å². The second kappa shape index (κ2) is 5.45. The number of hydrogen-bond acceptors (Lipinski definition) is 2. The number of aliphatic imine (C=N–C) groups is 1. The highest BCUT2D eigenvalue weighted by Crippen LogP contribution is 2.17. The summed E-state index contributed by atoms with van der Waals surface area (Å²) in [6.45, 7) is 9.98. The highest BCUT2D eigenvalue weighted by molar-refractivity contribution is 5.97. The van der Waals surface area contributed by atoms with Crippen LogP contribution in [0.25, 0.3) is 0 Å². The molecule has 3 nitrogen and oxygen atoms in total. The number of nitrogens with zero attached hydrogens (tertiary/aromatic N) is 2. The Morgan fingerprint density at radius 1 is 1.50 bits per heavy atom. The van der Waals surface area contributed by atoms with Crippen molar-refractivity contribution in [1.82, 2.24) is 10.3 Å². The summed E-state index contributed by atoms with van der Waals surface area (Å²) in [5, 5.41) is 2.98. The van der Waals surface area contributed by atoms with Crippen molar-refractivity contribution in [3.05, 3.63) is 41.9 Å². The first-order chi connectivity index (χ1) is 7.60. The number of aromatic nitrogens is 1. The zero-order valence-electron chi connectivity index (χ0n) is 10.4. The Morgan fingerprint density at radius 2 is 2.19 bits per heavy atom. The third kappa shape index (κ3) is 2.69. The van der Waals surface area contributed by atoms with Gasteiger partial charge in [-0.15, -0.1) is 0 Å². The monoisotopic (exact) mass is 217 g/mol. The summed E-state index contributed by atoms with van der Waals surface area (Å²) in [4.78, 5) is 8.68. The van der Waals surface area contributed by atoms with Crippen LogP contribution >= 0.6 is 0 Å². The van der Waals surface area contributed by atoms with Crippen LogP contribution < -0.4 is 5.32 Å². The molecule has 0 saturated carbocycles. The summed E-state index contributed by atoms with van der Waals surface area (Å²) >= 11 is 0. The van der Waals surface area contributed by atoms with Gasteiger partial charge < -0.3 is 5.32 Å². The van der Waals surface area contributed by atoms with Crippen LogP contribution in [0.2, 0.25) is 0 Å². The molecule has 0 spiro atoms. The van der Waals surface area contributed by atoms with Gasteiger partial charge in [0.2, 0.25) is 0 Å². The normalized spacial score (nSPS) is 11.7. The summed E-state index contributed by atoms with van der Waals surface area (Å²) in [5.74, 6) is 1.24. The fourth-order valence-electron chi connectivity index (χ4n) is 1.66. The largest absolute Gasteiger partial charge is 0.346 e. The Kier molecular flexibility index (Phi) is 4.23. The van der Waals surface area contributed by atoms with Crippen molar-refractivity contribution in [1.29, 1.82) is 0 Å². The lowest BCUT2D eigenvalue weighted by molar-refractivity contribution is 0.841. The number of nitrogens with one attached hydrogen (secondary N) is 1. The Hall–Kier alpha value is -1.64. The fourth-order valence-corrected chi connectivity index (χ4v) is 1.66. The minimum atomic E-state index is 0.496. The number of hydrogen-bond donors (Lipinski definition) is 1. The van der Waals surface area contributed by atoms with Crippen LogP contribution in [0.4, 0.5) is 0 Å². The van der Waals surface area contributed by atoms with Gasteiger partial charge in [-0.25, -0.2) is 4.98 Å². The van der Waals surface area contributed by atoms with E-state index in [9.17, 15) is 0 Å². The zero-order chi connectivity index (χ0) is 12.1. The molecular weight excluding hydrogens is 198 g/mol. The molecular formula is C13H19N3. The molecule has 0 atom stereocenters. The second-order valence-corrected chi connectivity index (χ2v) is 3.95. The van der Waals surface area contributed by atoms with Gasteiger partial charge in [-0.05, 0) is 30.7 Å². The number of pyridine rings is 1. The molecule has 1 aromatic heterocycles. The van der Waals surface area contributed by atoms with Gasteiger partial charge in [-0.1, -0.05) is 26.5 Å². The van der Waals surface area contributed by atoms with Gasteiger partial charge in [-0.2, -0.15) is 0 Å². The van der Waals surface area contributed by atoms with Crippen LogP contribution in [-0.4, -0.2) is 17.9 Å². The molecule has 16 heavy (non-hydrogen) atoms. The van der Waals surface area contributed by atoms with Gasteiger partial charge in [0.05, 0.1) is 0 Å². The molecule has 86 valence electrons. The fraction of sp³-hybridized carbons (Fsp3) is 0.385. The van der Waals surface area contributed by atoms with Crippen molar-refractivity contribution in [2.45, 2.75) is 26.7 Å². The molecule has 0 saturated heterocycles. The first-order valence-electron chi connectivity index (χ1n) is 5.42. The Balaban J connectivity index is 3.09. The smallest absolute Gasteiger partial charge is 0.150 e. The minimum absolute atomic E-state index is 0.496. The predicted octanol–water partition coefficient (Wildman–Crippen LogP) is 2.62. The Labute approximate surface area is 97.3 Å². The third-order valence-electron chi connectivity index (χ3n) is 2.45. The lowest BCUT2D eigenvalue weighted by Gasteiger charge is -2.11. The summed E-state index contributed by atoms with van der Waals surface area (Å²) in [5.41, 5.74) is 3.18. The molecule has 0 aliphatic carbocycles. The van der Waals surface area contributed by atoms with E-state index in [1.165, 1.54) is 5.56 Å². The number of rotatable bonds is 3. The molecule has 1 heterocycles. The number of amidine groups is 1. The highest BCUT2D eigenvalue weighted by Gasteiger charge is 2.08. The third-order valence-corrected chi connectivity index (χ3v) is 2.45. The van der Waals surface area contributed by atoms with Crippen LogP contribution in [0.1, 0.15) is 36.7 Å². The molecule has 0 fully saturated rings. The molecule has 1 N–H and O–H groups in total. The minimum Gasteiger partial charge on any atom is -0.346 e. The van der Waals surface area contributed by atoms with E-state index in [1.54, 1.807) is 13.2 Å². The van der Waals surface area contributed by atoms with E-state index < -0.39 is 0 Å². The van der Waals surface area contributed by atoms with Gasteiger partial charge in [0, 0.05) is 12.7 Å². The summed E-state index contributed by atoms with van der Waals surface area (Å²) < 4.78 is 0. The maximum atomic E-state index is 4.54. The predicted molar refractivity (Wildman–Crippen MR) is 68.9 cm³/mol. The van der Waals surface area contributed by atoms with Gasteiger partial charge >= 0.3 is 0 Å². The lowest BCUT2D eigenvalue weighted by atomic mass is 10.0. The molecule has 0 bridgehead atoms. The first-order valence-corrected chi connectivity index (χ1v) is 5.42. The first kappa shape index (κ1) is 12.4. The van der Waals surface area contributed by atoms with Crippen molar-refractivity contribution >= 4 is 5.84 Å². The topological polar surface area (TPSA) is 37.3 Å². The summed E-state index contributed by atoms with van der Waals surface area (Å²) in [6.07, 6.45) is 1.61. The van der Waals surface area contributed by atoms with Crippen LogP contribution in [0.3, 0.4) is 0 Å². The van der Waals surface area contributed by atoms with Crippen LogP contribution in [0.5, 0.6) is 0 Å². The van der Waals surface area contributed by atoms with Gasteiger partial charge in [-0.3, -0.25) is 4.99 Å². The van der Waals surface area contributed by atoms with Crippen molar-refractivity contribution in [2.75, 3.05) is 7.05 Å². The van der Waals surface area contributed by atoms with E-state index in [4.69, 9.17) is 0 Å². The van der Waals surface area contributed by atoms with Crippen molar-refractivity contribution in [3.8, 4) is 0 Å². The molecule has 1 aromatic rings. The number of aryl methyl sites for hydroxylation is 1. The van der Waals surface area contributed by atoms with E-state index in [-0.39, 0.29) is 0 Å². The summed E-state index contributed by atoms with van der Waals surface area (Å²) in [6, 6.07) is 4.10. The molecule has 0 radical (unpaired) electrons. The van der Waals surface area contributed by atoms with Crippen LogP contribution in [0.15, 0.2) is 29.9 Å². The summed E-state index contributed by atoms with van der Waals surface area (Å²) in [7, 11) is 1.74. The van der Waals surface area contributed by atoms with Crippen LogP contribution in [0, 0.1) is 6.92 Å². The maximum Gasteiger partial charge on any atom is 0.150 e. The second-order valence-electron chi connectivity index (χ2n) is 3.95. The zero-order valence-corrected chi connectivity index (χ0v) is 10.4. The average molecular weight is 217 g/mol. The van der Waals surface area contributed by atoms with Gasteiger partial charge in [0.15, 0.2) is 5.84 Å². The van der Waals surface area contributed by atoms with E-state index in [0.29, 0.717) is 5.92 Å².